The van der Waals surface area contributed by atoms with Crippen LogP contribution >= 0.6 is 0 Å². The molecule has 9 heteroatoms. The summed E-state index contributed by atoms with van der Waals surface area (Å²) >= 11 is 0. The van der Waals surface area contributed by atoms with Crippen molar-refractivity contribution in [3.63, 3.8) is 0 Å². The van der Waals surface area contributed by atoms with Gasteiger partial charge in [0, 0.05) is 0 Å². The highest BCUT2D eigenvalue weighted by atomic mass is 19.1. The number of carbonyl (C=O) groups excluding carboxylic acids is 2. The second kappa shape index (κ2) is 9.58. The number of amides is 2. The van der Waals surface area contributed by atoms with Crippen LogP contribution < -0.4 is 0 Å². The minimum Gasteiger partial charge on any atom is -0.320 e. The second-order valence-corrected chi connectivity index (χ2v) is 10.0. The van der Waals surface area contributed by atoms with Crippen molar-refractivity contribution in [2.24, 2.45) is 5.92 Å². The molecule has 1 aliphatic heterocycles. The van der Waals surface area contributed by atoms with Gasteiger partial charge in [-0.3, -0.25) is 14.5 Å². The average Bonchev–Trinajstić information content (AvgIpc) is 3.62. The zero-order chi connectivity index (χ0) is 27.3. The quantitative estimate of drug-likeness (QED) is 0.264. The molecule has 0 spiro atoms. The minimum absolute atomic E-state index is 0.0567. The normalized spacial score (nSPS) is 14.7. The van der Waals surface area contributed by atoms with Crippen molar-refractivity contribution >= 4 is 22.8 Å². The third-order valence-corrected chi connectivity index (χ3v) is 7.44. The molecule has 2 aromatic heterocycles. The Hall–Kier alpha value is -4.66. The van der Waals surface area contributed by atoms with E-state index in [4.69, 9.17) is 4.98 Å². The predicted octanol–water partition coefficient (Wildman–Crippen LogP) is 5.50. The lowest BCUT2D eigenvalue weighted by Crippen LogP contribution is -2.39. The number of imide groups is 1. The van der Waals surface area contributed by atoms with Crippen molar-refractivity contribution < 1.29 is 14.0 Å². The summed E-state index contributed by atoms with van der Waals surface area (Å²) in [6, 6.07) is 18.5. The summed E-state index contributed by atoms with van der Waals surface area (Å²) in [4.78, 5) is 33.7. The Morgan fingerprint density at radius 2 is 1.69 bits per heavy atom. The average molecular weight is 523 g/mol. The van der Waals surface area contributed by atoms with E-state index in [1.165, 1.54) is 17.0 Å². The van der Waals surface area contributed by atoms with E-state index < -0.39 is 6.04 Å². The molecule has 0 fully saturated rings. The zero-order valence-electron chi connectivity index (χ0n) is 21.9. The maximum atomic E-state index is 13.7. The lowest BCUT2D eigenvalue weighted by molar-refractivity contribution is 0.0514. The highest BCUT2D eigenvalue weighted by Crippen LogP contribution is 2.38. The molecular weight excluding hydrogens is 495 g/mol. The molecule has 0 saturated carbocycles. The van der Waals surface area contributed by atoms with Gasteiger partial charge in [-0.1, -0.05) is 49.2 Å². The van der Waals surface area contributed by atoms with Crippen molar-refractivity contribution in [3.05, 3.63) is 107 Å². The van der Waals surface area contributed by atoms with Crippen molar-refractivity contribution in [2.75, 3.05) is 0 Å². The molecule has 6 rings (SSSR count). The standard InChI is InChI=1S/C30H27FN6O2/c1-4-19(3)27(37-29(38)23-14-9-18(2)15-24(23)30(37)39)28-32-25-7-5-6-8-26(25)35(28)16-21-17-36(34-33-21)22-12-10-20(31)11-13-22/h5-15,17,19,27H,4,16H2,1-3H3/t19?,27-/m1/s1. The van der Waals surface area contributed by atoms with Crippen LogP contribution in [0.2, 0.25) is 0 Å². The Morgan fingerprint density at radius 1 is 0.949 bits per heavy atom. The molecule has 1 unspecified atom stereocenters. The van der Waals surface area contributed by atoms with Crippen molar-refractivity contribution in [3.8, 4) is 5.69 Å². The molecular formula is C30H27FN6O2. The van der Waals surface area contributed by atoms with Crippen LogP contribution in [0.15, 0.2) is 72.9 Å². The number of nitrogens with zero attached hydrogens (tertiary/aromatic N) is 6. The van der Waals surface area contributed by atoms with Crippen LogP contribution in [-0.4, -0.2) is 41.3 Å². The first-order valence-corrected chi connectivity index (χ1v) is 13.0. The maximum absolute atomic E-state index is 13.7. The Kier molecular flexibility index (Phi) is 6.06. The summed E-state index contributed by atoms with van der Waals surface area (Å²) < 4.78 is 17.0. The number of hydrogen-bond donors (Lipinski definition) is 0. The van der Waals surface area contributed by atoms with Crippen molar-refractivity contribution in [1.29, 1.82) is 0 Å². The third-order valence-electron chi connectivity index (χ3n) is 7.44. The SMILES string of the molecule is CCC(C)[C@H](c1nc2ccccc2n1Cc1cn(-c2ccc(F)cc2)nn1)N1C(=O)c2ccc(C)cc2C1=O. The number of aryl methyl sites for hydroxylation is 1. The molecule has 3 heterocycles. The Labute approximate surface area is 224 Å². The fourth-order valence-electron chi connectivity index (χ4n) is 5.21. The second-order valence-electron chi connectivity index (χ2n) is 10.0. The van der Waals surface area contributed by atoms with E-state index in [1.54, 1.807) is 35.1 Å². The molecule has 2 amide bonds. The van der Waals surface area contributed by atoms with Crippen molar-refractivity contribution in [2.45, 2.75) is 39.8 Å². The molecule has 39 heavy (non-hydrogen) atoms. The first-order valence-electron chi connectivity index (χ1n) is 13.0. The highest BCUT2D eigenvalue weighted by molar-refractivity contribution is 6.21. The number of hydrogen-bond acceptors (Lipinski definition) is 5. The summed E-state index contributed by atoms with van der Waals surface area (Å²) in [7, 11) is 0. The number of rotatable bonds is 7. The monoisotopic (exact) mass is 522 g/mol. The number of fused-ring (bicyclic) bond motifs is 2. The fraction of sp³-hybridized carbons (Fsp3) is 0.233. The van der Waals surface area contributed by atoms with Gasteiger partial charge in [0.15, 0.2) is 0 Å². The van der Waals surface area contributed by atoms with Gasteiger partial charge in [-0.15, -0.1) is 5.10 Å². The Morgan fingerprint density at radius 3 is 2.46 bits per heavy atom. The topological polar surface area (TPSA) is 85.9 Å². The molecule has 1 aliphatic rings. The molecule has 8 nitrogen and oxygen atoms in total. The first-order chi connectivity index (χ1) is 18.9. The number of imidazole rings is 1. The fourth-order valence-corrected chi connectivity index (χ4v) is 5.21. The van der Waals surface area contributed by atoms with Gasteiger partial charge in [0.05, 0.1) is 40.6 Å². The number of para-hydroxylation sites is 2. The summed E-state index contributed by atoms with van der Waals surface area (Å²) in [6.45, 7) is 6.31. The zero-order valence-corrected chi connectivity index (χ0v) is 21.9. The maximum Gasteiger partial charge on any atom is 0.262 e. The van der Waals surface area contributed by atoms with Crippen LogP contribution in [0.5, 0.6) is 0 Å². The Bertz CT molecular complexity index is 1720. The molecule has 0 radical (unpaired) electrons. The highest BCUT2D eigenvalue weighted by Gasteiger charge is 2.44. The van der Waals surface area contributed by atoms with E-state index in [1.807, 2.05) is 55.7 Å². The first kappa shape index (κ1) is 24.7. The smallest absolute Gasteiger partial charge is 0.262 e. The summed E-state index contributed by atoms with van der Waals surface area (Å²) in [5.74, 6) is -0.370. The largest absolute Gasteiger partial charge is 0.320 e. The molecule has 5 aromatic rings. The van der Waals surface area contributed by atoms with Gasteiger partial charge in [-0.25, -0.2) is 14.1 Å². The van der Waals surface area contributed by atoms with Crippen LogP contribution in [0.1, 0.15) is 64.1 Å². The Balaban J connectivity index is 1.45. The molecule has 0 N–H and O–H groups in total. The van der Waals surface area contributed by atoms with Gasteiger partial charge in [-0.2, -0.15) is 0 Å². The van der Waals surface area contributed by atoms with E-state index in [2.05, 4.69) is 10.3 Å². The van der Waals surface area contributed by atoms with Crippen LogP contribution in [0.3, 0.4) is 0 Å². The van der Waals surface area contributed by atoms with Gasteiger partial charge in [0.2, 0.25) is 0 Å². The molecule has 0 aliphatic carbocycles. The summed E-state index contributed by atoms with van der Waals surface area (Å²) in [5, 5.41) is 8.59. The summed E-state index contributed by atoms with van der Waals surface area (Å²) in [5.41, 5.74) is 4.74. The molecule has 2 atom stereocenters. The van der Waals surface area contributed by atoms with Gasteiger partial charge < -0.3 is 4.57 Å². The van der Waals surface area contributed by atoms with Crippen molar-refractivity contribution in [1.82, 2.24) is 29.4 Å². The van der Waals surface area contributed by atoms with E-state index in [9.17, 15) is 14.0 Å². The third kappa shape index (κ3) is 4.20. The van der Waals surface area contributed by atoms with Gasteiger partial charge in [-0.05, 0) is 61.4 Å². The van der Waals surface area contributed by atoms with Crippen LogP contribution in [0.4, 0.5) is 4.39 Å². The number of benzene rings is 3. The lowest BCUT2D eigenvalue weighted by atomic mass is 9.96. The summed E-state index contributed by atoms with van der Waals surface area (Å²) in [6.07, 6.45) is 2.52. The van der Waals surface area contributed by atoms with Gasteiger partial charge in [0.1, 0.15) is 23.4 Å². The predicted molar refractivity (Wildman–Crippen MR) is 144 cm³/mol. The van der Waals surface area contributed by atoms with E-state index >= 15 is 0 Å². The van der Waals surface area contributed by atoms with E-state index in [0.717, 1.165) is 23.0 Å². The number of aromatic nitrogens is 5. The molecule has 3 aromatic carbocycles. The minimum atomic E-state index is -0.581. The van der Waals surface area contributed by atoms with E-state index in [-0.39, 0.29) is 23.5 Å². The van der Waals surface area contributed by atoms with Crippen LogP contribution in [0, 0.1) is 18.7 Å². The lowest BCUT2D eigenvalue weighted by Gasteiger charge is -2.31. The molecule has 0 saturated heterocycles. The molecule has 0 bridgehead atoms. The van der Waals surface area contributed by atoms with E-state index in [0.29, 0.717) is 34.9 Å². The molecule has 196 valence electrons. The van der Waals surface area contributed by atoms with Crippen LogP contribution in [-0.2, 0) is 6.54 Å². The van der Waals surface area contributed by atoms with Crippen LogP contribution in [0.25, 0.3) is 16.7 Å². The number of carbonyl (C=O) groups is 2. The number of halogens is 1. The van der Waals surface area contributed by atoms with Gasteiger partial charge >= 0.3 is 0 Å². The van der Waals surface area contributed by atoms with Gasteiger partial charge in [0.25, 0.3) is 11.8 Å².